The molecule has 0 saturated heterocycles. The van der Waals surface area contributed by atoms with Crippen molar-refractivity contribution < 1.29 is 9.53 Å². The van der Waals surface area contributed by atoms with Gasteiger partial charge in [0.05, 0.1) is 25.2 Å². The zero-order chi connectivity index (χ0) is 12.1. The standard InChI is InChI=1S/C12H13NO2S/c1-3-10-9(7-13)5-4-8(12(10)16)6-11(14)15-2/h4-5,16H,3,6H2,1-2H3. The van der Waals surface area contributed by atoms with Gasteiger partial charge < -0.3 is 4.74 Å². The minimum absolute atomic E-state index is 0.189. The first-order valence-corrected chi connectivity index (χ1v) is 5.39. The van der Waals surface area contributed by atoms with Crippen LogP contribution >= 0.6 is 12.6 Å². The summed E-state index contributed by atoms with van der Waals surface area (Å²) in [5.74, 6) is -0.304. The van der Waals surface area contributed by atoms with Gasteiger partial charge in [-0.15, -0.1) is 12.6 Å². The van der Waals surface area contributed by atoms with E-state index in [1.54, 1.807) is 12.1 Å². The largest absolute Gasteiger partial charge is 0.469 e. The molecule has 84 valence electrons. The summed E-state index contributed by atoms with van der Waals surface area (Å²) in [7, 11) is 1.35. The number of nitrogens with zero attached hydrogens (tertiary/aromatic N) is 1. The number of carbonyl (C=O) groups is 1. The highest BCUT2D eigenvalue weighted by Gasteiger charge is 2.12. The predicted octanol–water partition coefficient (Wildman–Crippen LogP) is 2.12. The Hall–Kier alpha value is -1.47. The average molecular weight is 235 g/mol. The van der Waals surface area contributed by atoms with Crippen LogP contribution in [0.5, 0.6) is 0 Å². The van der Waals surface area contributed by atoms with Crippen LogP contribution in [-0.2, 0) is 22.4 Å². The lowest BCUT2D eigenvalue weighted by atomic mass is 10.0. The van der Waals surface area contributed by atoms with Gasteiger partial charge in [0.2, 0.25) is 0 Å². The molecule has 0 N–H and O–H groups in total. The van der Waals surface area contributed by atoms with Crippen molar-refractivity contribution in [2.45, 2.75) is 24.7 Å². The average Bonchev–Trinajstić information content (AvgIpc) is 2.31. The second-order valence-electron chi connectivity index (χ2n) is 3.32. The van der Waals surface area contributed by atoms with Gasteiger partial charge >= 0.3 is 5.97 Å². The molecule has 0 aromatic heterocycles. The molecule has 4 heteroatoms. The summed E-state index contributed by atoms with van der Waals surface area (Å²) in [4.78, 5) is 11.9. The van der Waals surface area contributed by atoms with Gasteiger partial charge in [-0.05, 0) is 23.6 Å². The van der Waals surface area contributed by atoms with Crippen LogP contribution in [0.2, 0.25) is 0 Å². The number of nitriles is 1. The zero-order valence-corrected chi connectivity index (χ0v) is 10.2. The summed E-state index contributed by atoms with van der Waals surface area (Å²) in [6.45, 7) is 1.96. The number of methoxy groups -OCH3 is 1. The fourth-order valence-corrected chi connectivity index (χ4v) is 1.95. The molecule has 0 radical (unpaired) electrons. The highest BCUT2D eigenvalue weighted by atomic mass is 32.1. The van der Waals surface area contributed by atoms with E-state index >= 15 is 0 Å². The van der Waals surface area contributed by atoms with E-state index in [2.05, 4.69) is 23.4 Å². The van der Waals surface area contributed by atoms with Crippen LogP contribution in [0, 0.1) is 11.3 Å². The molecular formula is C12H13NO2S. The molecule has 0 amide bonds. The first-order valence-electron chi connectivity index (χ1n) is 4.94. The van der Waals surface area contributed by atoms with Gasteiger partial charge in [0.1, 0.15) is 0 Å². The summed E-state index contributed by atoms with van der Waals surface area (Å²) < 4.78 is 4.60. The molecule has 1 aromatic rings. The Morgan fingerprint density at radius 1 is 1.56 bits per heavy atom. The van der Waals surface area contributed by atoms with Crippen molar-refractivity contribution in [2.75, 3.05) is 7.11 Å². The van der Waals surface area contributed by atoms with Crippen molar-refractivity contribution in [3.05, 3.63) is 28.8 Å². The van der Waals surface area contributed by atoms with Crippen molar-refractivity contribution in [2.24, 2.45) is 0 Å². The number of carbonyl (C=O) groups excluding carboxylic acids is 1. The van der Waals surface area contributed by atoms with Gasteiger partial charge in [-0.25, -0.2) is 0 Å². The molecule has 0 aliphatic heterocycles. The topological polar surface area (TPSA) is 50.1 Å². The lowest BCUT2D eigenvalue weighted by Gasteiger charge is -2.10. The lowest BCUT2D eigenvalue weighted by molar-refractivity contribution is -0.139. The third-order valence-electron chi connectivity index (χ3n) is 2.40. The lowest BCUT2D eigenvalue weighted by Crippen LogP contribution is -2.06. The summed E-state index contributed by atoms with van der Waals surface area (Å²) in [6, 6.07) is 5.58. The molecule has 0 fully saturated rings. The second-order valence-corrected chi connectivity index (χ2v) is 3.76. The zero-order valence-electron chi connectivity index (χ0n) is 9.28. The molecule has 0 bridgehead atoms. The second kappa shape index (κ2) is 5.57. The van der Waals surface area contributed by atoms with Crippen molar-refractivity contribution in [1.82, 2.24) is 0 Å². The van der Waals surface area contributed by atoms with Crippen molar-refractivity contribution in [3.63, 3.8) is 0 Å². The molecular weight excluding hydrogens is 222 g/mol. The van der Waals surface area contributed by atoms with Crippen LogP contribution in [-0.4, -0.2) is 13.1 Å². The normalized spacial score (nSPS) is 9.62. The van der Waals surface area contributed by atoms with E-state index in [-0.39, 0.29) is 12.4 Å². The molecule has 0 heterocycles. The Balaban J connectivity index is 3.15. The van der Waals surface area contributed by atoms with Crippen molar-refractivity contribution in [3.8, 4) is 6.07 Å². The Kier molecular flexibility index (Phi) is 4.39. The van der Waals surface area contributed by atoms with Crippen LogP contribution in [0.4, 0.5) is 0 Å². The molecule has 0 spiro atoms. The maximum absolute atomic E-state index is 11.2. The van der Waals surface area contributed by atoms with E-state index < -0.39 is 0 Å². The first kappa shape index (κ1) is 12.6. The number of hydrogen-bond donors (Lipinski definition) is 1. The number of benzene rings is 1. The van der Waals surface area contributed by atoms with Crippen molar-refractivity contribution >= 4 is 18.6 Å². The smallest absolute Gasteiger partial charge is 0.310 e. The summed E-state index contributed by atoms with van der Waals surface area (Å²) >= 11 is 4.37. The van der Waals surface area contributed by atoms with Gasteiger partial charge in [0, 0.05) is 4.90 Å². The van der Waals surface area contributed by atoms with Crippen LogP contribution in [0.3, 0.4) is 0 Å². The van der Waals surface area contributed by atoms with E-state index in [1.165, 1.54) is 7.11 Å². The van der Waals surface area contributed by atoms with E-state index in [0.717, 1.165) is 17.5 Å². The summed E-state index contributed by atoms with van der Waals surface area (Å²) in [5.41, 5.74) is 2.29. The van der Waals surface area contributed by atoms with E-state index in [4.69, 9.17) is 5.26 Å². The molecule has 1 aromatic carbocycles. The Morgan fingerprint density at radius 2 is 2.25 bits per heavy atom. The van der Waals surface area contributed by atoms with Gasteiger partial charge in [0.15, 0.2) is 0 Å². The summed E-state index contributed by atoms with van der Waals surface area (Å²) in [5, 5.41) is 8.92. The Labute approximate surface area is 100 Å². The number of esters is 1. The number of hydrogen-bond acceptors (Lipinski definition) is 4. The Bertz CT molecular complexity index is 449. The highest BCUT2D eigenvalue weighted by Crippen LogP contribution is 2.24. The van der Waals surface area contributed by atoms with E-state index in [1.807, 2.05) is 6.92 Å². The van der Waals surface area contributed by atoms with E-state index in [0.29, 0.717) is 10.5 Å². The minimum atomic E-state index is -0.304. The molecule has 0 atom stereocenters. The summed E-state index contributed by atoms with van der Waals surface area (Å²) in [6.07, 6.45) is 0.908. The molecule has 16 heavy (non-hydrogen) atoms. The molecule has 0 saturated carbocycles. The number of rotatable bonds is 3. The van der Waals surface area contributed by atoms with Crippen LogP contribution in [0.1, 0.15) is 23.6 Å². The number of ether oxygens (including phenoxy) is 1. The Morgan fingerprint density at radius 3 is 2.75 bits per heavy atom. The fourth-order valence-electron chi connectivity index (χ4n) is 1.52. The van der Waals surface area contributed by atoms with Gasteiger partial charge in [-0.1, -0.05) is 13.0 Å². The third-order valence-corrected chi connectivity index (χ3v) is 2.96. The van der Waals surface area contributed by atoms with Crippen molar-refractivity contribution in [1.29, 1.82) is 5.26 Å². The molecule has 0 aliphatic carbocycles. The highest BCUT2D eigenvalue weighted by molar-refractivity contribution is 7.80. The fraction of sp³-hybridized carbons (Fsp3) is 0.333. The maximum atomic E-state index is 11.2. The predicted molar refractivity (Wildman–Crippen MR) is 63.5 cm³/mol. The van der Waals surface area contributed by atoms with Gasteiger partial charge in [0.25, 0.3) is 0 Å². The molecule has 1 rings (SSSR count). The monoisotopic (exact) mass is 235 g/mol. The van der Waals surface area contributed by atoms with Crippen LogP contribution < -0.4 is 0 Å². The first-order chi connectivity index (χ1) is 7.63. The van der Waals surface area contributed by atoms with Crippen LogP contribution in [0.25, 0.3) is 0 Å². The maximum Gasteiger partial charge on any atom is 0.310 e. The molecule has 3 nitrogen and oxygen atoms in total. The quantitative estimate of drug-likeness (QED) is 0.645. The SMILES string of the molecule is CCc1c(C#N)ccc(CC(=O)OC)c1S. The molecule has 0 unspecified atom stereocenters. The van der Waals surface area contributed by atoms with E-state index in [9.17, 15) is 4.79 Å². The van der Waals surface area contributed by atoms with Crippen LogP contribution in [0.15, 0.2) is 17.0 Å². The van der Waals surface area contributed by atoms with Gasteiger partial charge in [-0.2, -0.15) is 5.26 Å². The van der Waals surface area contributed by atoms with Gasteiger partial charge in [-0.3, -0.25) is 4.79 Å². The minimum Gasteiger partial charge on any atom is -0.469 e. The third kappa shape index (κ3) is 2.56. The number of thiol groups is 1. The molecule has 0 aliphatic rings.